The van der Waals surface area contributed by atoms with Gasteiger partial charge < -0.3 is 9.64 Å². The van der Waals surface area contributed by atoms with Crippen LogP contribution in [-0.2, 0) is 4.74 Å². The Morgan fingerprint density at radius 2 is 1.90 bits per heavy atom. The number of halogens is 1. The summed E-state index contributed by atoms with van der Waals surface area (Å²) in [6.07, 6.45) is 3.42. The minimum Gasteiger partial charge on any atom is -0.441 e. The Kier molecular flexibility index (Phi) is 5.02. The van der Waals surface area contributed by atoms with Crippen LogP contribution in [0.4, 0.5) is 10.5 Å². The number of fused-ring (bicyclic) bond motifs is 1. The van der Waals surface area contributed by atoms with Gasteiger partial charge in [0.2, 0.25) is 0 Å². The van der Waals surface area contributed by atoms with Crippen LogP contribution in [-0.4, -0.2) is 47.1 Å². The molecule has 2 aromatic carbocycles. The number of carbonyl (C=O) groups is 2. The second-order valence-corrected chi connectivity index (χ2v) is 8.58. The molecule has 2 amide bonds. The molecule has 2 aliphatic heterocycles. The number of hydrogen-bond acceptors (Lipinski definition) is 4. The average Bonchev–Trinajstić information content (AvgIpc) is 2.97. The summed E-state index contributed by atoms with van der Waals surface area (Å²) in [5, 5.41) is 1.52. The van der Waals surface area contributed by atoms with Crippen molar-refractivity contribution in [1.29, 1.82) is 0 Å². The number of pyridine rings is 1. The number of nitrogens with zero attached hydrogens (tertiary/aromatic N) is 3. The van der Waals surface area contributed by atoms with Crippen molar-refractivity contribution >= 4 is 40.2 Å². The predicted molar refractivity (Wildman–Crippen MR) is 120 cm³/mol. The van der Waals surface area contributed by atoms with Crippen molar-refractivity contribution in [2.75, 3.05) is 24.5 Å². The summed E-state index contributed by atoms with van der Waals surface area (Å²) in [7, 11) is 0. The van der Waals surface area contributed by atoms with Crippen molar-refractivity contribution in [3.8, 4) is 0 Å². The summed E-state index contributed by atoms with van der Waals surface area (Å²) in [5.74, 6) is -0.0302. The van der Waals surface area contributed by atoms with E-state index in [9.17, 15) is 9.59 Å². The summed E-state index contributed by atoms with van der Waals surface area (Å²) < 4.78 is 5.87. The molecule has 0 bridgehead atoms. The number of likely N-dealkylation sites (tertiary alicyclic amines) is 1. The van der Waals surface area contributed by atoms with Gasteiger partial charge in [0.1, 0.15) is 5.60 Å². The Bertz CT molecular complexity index is 1160. The number of ether oxygens (including phenoxy) is 1. The van der Waals surface area contributed by atoms with Gasteiger partial charge in [0, 0.05) is 41.8 Å². The van der Waals surface area contributed by atoms with Crippen molar-refractivity contribution in [2.45, 2.75) is 24.9 Å². The van der Waals surface area contributed by atoms with Crippen molar-refractivity contribution in [1.82, 2.24) is 9.88 Å². The Morgan fingerprint density at radius 3 is 2.77 bits per heavy atom. The second kappa shape index (κ2) is 7.85. The van der Waals surface area contributed by atoms with Crippen LogP contribution in [0.1, 0.15) is 29.6 Å². The Balaban J connectivity index is 1.34. The zero-order chi connectivity index (χ0) is 21.4. The molecule has 0 unspecified atom stereocenters. The standard InChI is InChI=1S/C24H22ClN3O3/c25-18-7-2-8-19(15-18)28-16-24(31-23(28)30)10-4-13-27(14-11-24)22(29)20-9-1-5-17-6-3-12-26-21(17)20/h1-3,5-9,12,15H,4,10-11,13-14,16H2/t24-/m0/s1. The highest BCUT2D eigenvalue weighted by atomic mass is 35.5. The quantitative estimate of drug-likeness (QED) is 0.573. The lowest BCUT2D eigenvalue weighted by atomic mass is 9.95. The monoisotopic (exact) mass is 435 g/mol. The molecule has 2 aliphatic rings. The molecular weight excluding hydrogens is 414 g/mol. The van der Waals surface area contributed by atoms with Gasteiger partial charge >= 0.3 is 6.09 Å². The molecule has 0 radical (unpaired) electrons. The molecule has 7 heteroatoms. The lowest BCUT2D eigenvalue weighted by Gasteiger charge is -2.25. The molecule has 5 rings (SSSR count). The highest BCUT2D eigenvalue weighted by Gasteiger charge is 2.46. The average molecular weight is 436 g/mol. The third kappa shape index (κ3) is 3.72. The maximum atomic E-state index is 13.3. The van der Waals surface area contributed by atoms with Crippen LogP contribution < -0.4 is 4.90 Å². The number of amides is 2. The number of anilines is 1. The fourth-order valence-corrected chi connectivity index (χ4v) is 4.73. The van der Waals surface area contributed by atoms with E-state index in [1.165, 1.54) is 0 Å². The summed E-state index contributed by atoms with van der Waals surface area (Å²) in [6.45, 7) is 1.61. The van der Waals surface area contributed by atoms with Gasteiger partial charge in [0.05, 0.1) is 17.6 Å². The Labute approximate surface area is 185 Å². The van der Waals surface area contributed by atoms with E-state index >= 15 is 0 Å². The number of carbonyl (C=O) groups excluding carboxylic acids is 2. The lowest BCUT2D eigenvalue weighted by Crippen LogP contribution is -2.37. The van der Waals surface area contributed by atoms with Gasteiger partial charge in [-0.2, -0.15) is 0 Å². The molecule has 0 saturated carbocycles. The van der Waals surface area contributed by atoms with E-state index < -0.39 is 5.60 Å². The van der Waals surface area contributed by atoms with E-state index in [0.29, 0.717) is 48.6 Å². The minimum absolute atomic E-state index is 0.0302. The first kappa shape index (κ1) is 19.8. The third-order valence-electron chi connectivity index (χ3n) is 6.14. The van der Waals surface area contributed by atoms with E-state index in [2.05, 4.69) is 4.98 Å². The van der Waals surface area contributed by atoms with Gasteiger partial charge in [-0.05, 0) is 43.2 Å². The molecule has 6 nitrogen and oxygen atoms in total. The zero-order valence-electron chi connectivity index (χ0n) is 17.0. The first-order chi connectivity index (χ1) is 15.0. The lowest BCUT2D eigenvalue weighted by molar-refractivity contribution is 0.0439. The summed E-state index contributed by atoms with van der Waals surface area (Å²) >= 11 is 6.10. The fraction of sp³-hybridized carbons (Fsp3) is 0.292. The minimum atomic E-state index is -0.592. The maximum absolute atomic E-state index is 13.3. The molecule has 0 aliphatic carbocycles. The third-order valence-corrected chi connectivity index (χ3v) is 6.37. The Morgan fingerprint density at radius 1 is 1.06 bits per heavy atom. The van der Waals surface area contributed by atoms with E-state index in [1.54, 1.807) is 23.2 Å². The molecule has 2 fully saturated rings. The smallest absolute Gasteiger partial charge is 0.415 e. The molecule has 3 heterocycles. The van der Waals surface area contributed by atoms with Crippen LogP contribution in [0.25, 0.3) is 10.9 Å². The topological polar surface area (TPSA) is 62.7 Å². The summed E-state index contributed by atoms with van der Waals surface area (Å²) in [6, 6.07) is 16.7. The number of hydrogen-bond donors (Lipinski definition) is 0. The maximum Gasteiger partial charge on any atom is 0.415 e. The van der Waals surface area contributed by atoms with Crippen molar-refractivity contribution in [3.63, 3.8) is 0 Å². The highest BCUT2D eigenvalue weighted by molar-refractivity contribution is 6.30. The molecule has 3 aromatic rings. The summed E-state index contributed by atoms with van der Waals surface area (Å²) in [4.78, 5) is 33.8. The molecule has 31 heavy (non-hydrogen) atoms. The number of aromatic nitrogens is 1. The van der Waals surface area contributed by atoms with Crippen LogP contribution in [0, 0.1) is 0 Å². The van der Waals surface area contributed by atoms with Crippen LogP contribution in [0.2, 0.25) is 5.02 Å². The number of benzene rings is 2. The second-order valence-electron chi connectivity index (χ2n) is 8.14. The van der Waals surface area contributed by atoms with E-state index in [1.807, 2.05) is 47.4 Å². The highest BCUT2D eigenvalue weighted by Crippen LogP contribution is 2.36. The van der Waals surface area contributed by atoms with E-state index in [-0.39, 0.29) is 12.0 Å². The Hall–Kier alpha value is -3.12. The van der Waals surface area contributed by atoms with E-state index in [0.717, 1.165) is 17.5 Å². The molecule has 1 aromatic heterocycles. The van der Waals surface area contributed by atoms with Gasteiger partial charge in [-0.25, -0.2) is 4.79 Å². The van der Waals surface area contributed by atoms with Gasteiger partial charge in [-0.3, -0.25) is 14.7 Å². The molecule has 158 valence electrons. The molecule has 1 atom stereocenters. The molecule has 0 N–H and O–H groups in total. The first-order valence-electron chi connectivity index (χ1n) is 10.4. The largest absolute Gasteiger partial charge is 0.441 e. The normalized spacial score (nSPS) is 21.4. The predicted octanol–water partition coefficient (Wildman–Crippen LogP) is 4.91. The zero-order valence-corrected chi connectivity index (χ0v) is 17.7. The van der Waals surface area contributed by atoms with Crippen molar-refractivity contribution in [3.05, 3.63) is 71.4 Å². The van der Waals surface area contributed by atoms with Crippen LogP contribution in [0.5, 0.6) is 0 Å². The SMILES string of the molecule is O=C(c1cccc2cccnc12)N1CCC[C@]2(CC1)CN(c1cccc(Cl)c1)C(=O)O2. The summed E-state index contributed by atoms with van der Waals surface area (Å²) in [5.41, 5.74) is 1.46. The molecular formula is C24H22ClN3O3. The van der Waals surface area contributed by atoms with Gasteiger partial charge in [0.25, 0.3) is 5.91 Å². The van der Waals surface area contributed by atoms with Gasteiger partial charge in [-0.15, -0.1) is 0 Å². The van der Waals surface area contributed by atoms with Crippen LogP contribution >= 0.6 is 11.6 Å². The van der Waals surface area contributed by atoms with Crippen molar-refractivity contribution < 1.29 is 14.3 Å². The van der Waals surface area contributed by atoms with Gasteiger partial charge in [0.15, 0.2) is 0 Å². The van der Waals surface area contributed by atoms with Crippen LogP contribution in [0.3, 0.4) is 0 Å². The van der Waals surface area contributed by atoms with E-state index in [4.69, 9.17) is 16.3 Å². The number of rotatable bonds is 2. The molecule has 2 saturated heterocycles. The van der Waals surface area contributed by atoms with Gasteiger partial charge in [-0.1, -0.05) is 35.9 Å². The fourth-order valence-electron chi connectivity index (χ4n) is 4.54. The van der Waals surface area contributed by atoms with Crippen molar-refractivity contribution in [2.24, 2.45) is 0 Å². The number of para-hydroxylation sites is 1. The first-order valence-corrected chi connectivity index (χ1v) is 10.8. The molecule has 1 spiro atoms. The van der Waals surface area contributed by atoms with Crippen LogP contribution in [0.15, 0.2) is 60.8 Å².